The van der Waals surface area contributed by atoms with Gasteiger partial charge in [0.1, 0.15) is 11.6 Å². The van der Waals surface area contributed by atoms with Crippen molar-refractivity contribution in [2.75, 3.05) is 0 Å². The van der Waals surface area contributed by atoms with Crippen LogP contribution in [0.3, 0.4) is 0 Å². The van der Waals surface area contributed by atoms with Gasteiger partial charge in [0.25, 0.3) is 5.91 Å². The smallest absolute Gasteiger partial charge is 0.326 e. The van der Waals surface area contributed by atoms with Gasteiger partial charge in [-0.25, -0.2) is 9.78 Å². The Morgan fingerprint density at radius 3 is 2.85 bits per heavy atom. The summed E-state index contributed by atoms with van der Waals surface area (Å²) in [4.78, 5) is 46.1. The first-order chi connectivity index (χ1) is 12.9. The molecule has 0 aliphatic carbocycles. The number of hydrogen-bond acceptors (Lipinski definition) is 4. The fourth-order valence-electron chi connectivity index (χ4n) is 3.58. The van der Waals surface area contributed by atoms with Gasteiger partial charge in [0.2, 0.25) is 5.43 Å². The molecule has 1 aliphatic heterocycles. The number of pyridine rings is 1. The van der Waals surface area contributed by atoms with E-state index in [2.05, 4.69) is 9.97 Å². The number of carboxylic acids is 1. The van der Waals surface area contributed by atoms with E-state index in [9.17, 15) is 19.5 Å². The topological polar surface area (TPSA) is 108 Å². The normalized spacial score (nSPS) is 16.4. The van der Waals surface area contributed by atoms with Gasteiger partial charge >= 0.3 is 5.97 Å². The van der Waals surface area contributed by atoms with Gasteiger partial charge in [0, 0.05) is 25.1 Å². The molecule has 0 fully saturated rings. The first kappa shape index (κ1) is 17.0. The number of H-pyrrole nitrogens is 1. The molecule has 8 nitrogen and oxygen atoms in total. The van der Waals surface area contributed by atoms with Gasteiger partial charge in [0.15, 0.2) is 0 Å². The molecule has 1 atom stereocenters. The Kier molecular flexibility index (Phi) is 3.83. The Morgan fingerprint density at radius 2 is 2.11 bits per heavy atom. The summed E-state index contributed by atoms with van der Waals surface area (Å²) in [7, 11) is 1.76. The number of carbonyl (C=O) groups excluding carboxylic acids is 1. The second-order valence-corrected chi connectivity index (χ2v) is 6.82. The monoisotopic (exact) mass is 366 g/mol. The number of benzene rings is 1. The number of aromatic amines is 1. The number of nitrogens with zero attached hydrogens (tertiary/aromatic N) is 3. The molecule has 3 heterocycles. The Labute approximate surface area is 154 Å². The maximum atomic E-state index is 13.2. The molecule has 8 heteroatoms. The Balaban J connectivity index is 1.83. The van der Waals surface area contributed by atoms with Crippen LogP contribution in [0.1, 0.15) is 27.3 Å². The van der Waals surface area contributed by atoms with E-state index in [0.29, 0.717) is 22.3 Å². The molecule has 138 valence electrons. The van der Waals surface area contributed by atoms with E-state index in [4.69, 9.17) is 0 Å². The third-order valence-corrected chi connectivity index (χ3v) is 5.02. The van der Waals surface area contributed by atoms with E-state index in [1.165, 1.54) is 17.4 Å². The predicted octanol–water partition coefficient (Wildman–Crippen LogP) is 1.22. The highest BCUT2D eigenvalue weighted by atomic mass is 16.4. The lowest BCUT2D eigenvalue weighted by molar-refractivity contribution is -0.142. The van der Waals surface area contributed by atoms with E-state index in [0.717, 1.165) is 5.56 Å². The second-order valence-electron chi connectivity index (χ2n) is 6.82. The molecule has 0 spiro atoms. The van der Waals surface area contributed by atoms with Crippen molar-refractivity contribution in [1.82, 2.24) is 19.4 Å². The van der Waals surface area contributed by atoms with Crippen LogP contribution < -0.4 is 5.43 Å². The highest BCUT2D eigenvalue weighted by Gasteiger charge is 2.37. The van der Waals surface area contributed by atoms with E-state index in [1.54, 1.807) is 17.7 Å². The molecular weight excluding hydrogens is 348 g/mol. The molecular formula is C19H18N4O4. The second kappa shape index (κ2) is 6.08. The minimum Gasteiger partial charge on any atom is -0.480 e. The summed E-state index contributed by atoms with van der Waals surface area (Å²) in [6, 6.07) is 4.41. The zero-order valence-corrected chi connectivity index (χ0v) is 14.9. The molecule has 0 saturated carbocycles. The van der Waals surface area contributed by atoms with Crippen molar-refractivity contribution < 1.29 is 14.7 Å². The van der Waals surface area contributed by atoms with E-state index in [-0.39, 0.29) is 18.5 Å². The summed E-state index contributed by atoms with van der Waals surface area (Å²) in [6.07, 6.45) is 3.06. The summed E-state index contributed by atoms with van der Waals surface area (Å²) >= 11 is 0. The number of fused-ring (bicyclic) bond motifs is 2. The zero-order chi connectivity index (χ0) is 19.3. The Bertz CT molecular complexity index is 1140. The zero-order valence-electron chi connectivity index (χ0n) is 14.9. The lowest BCUT2D eigenvalue weighted by Gasteiger charge is -2.32. The van der Waals surface area contributed by atoms with E-state index < -0.39 is 23.3 Å². The molecule has 0 bridgehead atoms. The molecule has 0 radical (unpaired) electrons. The number of imidazole rings is 1. The van der Waals surface area contributed by atoms with Crippen LogP contribution >= 0.6 is 0 Å². The number of carbonyl (C=O) groups is 2. The Hall–Kier alpha value is -3.42. The van der Waals surface area contributed by atoms with Crippen LogP contribution in [0.2, 0.25) is 0 Å². The number of aromatic nitrogens is 3. The average Bonchev–Trinajstić information content (AvgIpc) is 3.10. The van der Waals surface area contributed by atoms with Crippen molar-refractivity contribution in [3.8, 4) is 0 Å². The lowest BCUT2D eigenvalue weighted by Crippen LogP contribution is -2.49. The molecule has 2 aromatic heterocycles. The molecule has 27 heavy (non-hydrogen) atoms. The molecule has 3 aromatic rings. The molecule has 1 aromatic carbocycles. The van der Waals surface area contributed by atoms with E-state index in [1.807, 2.05) is 19.1 Å². The minimum atomic E-state index is -1.12. The van der Waals surface area contributed by atoms with Crippen LogP contribution in [-0.2, 0) is 24.8 Å². The number of hydrogen-bond donors (Lipinski definition) is 2. The summed E-state index contributed by atoms with van der Waals surface area (Å²) in [5, 5.41) is 10.0. The molecule has 1 amide bonds. The standard InChI is InChI=1S/C19H18N4O4/c1-10-3-4-15-11(5-10)17(24)12(7-22(15)2)18(25)23-8-14-13(20-9-21-14)6-16(23)19(26)27/h3-5,7,9,16H,6,8H2,1-2H3,(H,20,21)(H,26,27)/t16-/m1/s1. The minimum absolute atomic E-state index is 0.0372. The highest BCUT2D eigenvalue weighted by Crippen LogP contribution is 2.23. The maximum absolute atomic E-state index is 13.2. The van der Waals surface area contributed by atoms with E-state index >= 15 is 0 Å². The number of rotatable bonds is 2. The van der Waals surface area contributed by atoms with Gasteiger partial charge < -0.3 is 19.6 Å². The van der Waals surface area contributed by atoms with Gasteiger partial charge in [0.05, 0.1) is 29.8 Å². The van der Waals surface area contributed by atoms with Gasteiger partial charge in [-0.2, -0.15) is 0 Å². The van der Waals surface area contributed by atoms with Crippen LogP contribution in [0, 0.1) is 6.92 Å². The predicted molar refractivity (Wildman–Crippen MR) is 97.5 cm³/mol. The van der Waals surface area contributed by atoms with Crippen LogP contribution in [0.25, 0.3) is 10.9 Å². The summed E-state index contributed by atoms with van der Waals surface area (Å²) in [5.74, 6) is -1.71. The van der Waals surface area contributed by atoms with Crippen molar-refractivity contribution in [1.29, 1.82) is 0 Å². The quantitative estimate of drug-likeness (QED) is 0.709. The van der Waals surface area contributed by atoms with Crippen LogP contribution in [0.5, 0.6) is 0 Å². The summed E-state index contributed by atoms with van der Waals surface area (Å²) in [6.45, 7) is 1.94. The van der Waals surface area contributed by atoms with Crippen LogP contribution in [0.4, 0.5) is 0 Å². The Morgan fingerprint density at radius 1 is 1.33 bits per heavy atom. The number of nitrogens with one attached hydrogen (secondary N) is 1. The van der Waals surface area contributed by atoms with Crippen LogP contribution in [0.15, 0.2) is 35.5 Å². The largest absolute Gasteiger partial charge is 0.480 e. The molecule has 0 saturated heterocycles. The van der Waals surface area contributed by atoms with Gasteiger partial charge in [-0.15, -0.1) is 0 Å². The van der Waals surface area contributed by atoms with Gasteiger partial charge in [-0.3, -0.25) is 9.59 Å². The fraction of sp³-hybridized carbons (Fsp3) is 0.263. The number of amides is 1. The fourth-order valence-corrected chi connectivity index (χ4v) is 3.58. The number of aliphatic carboxylic acids is 1. The van der Waals surface area contributed by atoms with Crippen molar-refractivity contribution >= 4 is 22.8 Å². The first-order valence-corrected chi connectivity index (χ1v) is 8.51. The first-order valence-electron chi connectivity index (χ1n) is 8.51. The number of carboxylic acid groups (broad SMARTS) is 1. The van der Waals surface area contributed by atoms with Crippen molar-refractivity contribution in [3.63, 3.8) is 0 Å². The third-order valence-electron chi connectivity index (χ3n) is 5.02. The summed E-state index contributed by atoms with van der Waals surface area (Å²) < 4.78 is 1.71. The van der Waals surface area contributed by atoms with Crippen molar-refractivity contribution in [2.45, 2.75) is 25.9 Å². The van der Waals surface area contributed by atoms with Crippen LogP contribution in [-0.4, -0.2) is 42.5 Å². The number of aryl methyl sites for hydroxylation is 2. The van der Waals surface area contributed by atoms with Gasteiger partial charge in [-0.1, -0.05) is 11.6 Å². The maximum Gasteiger partial charge on any atom is 0.326 e. The molecule has 4 rings (SSSR count). The highest BCUT2D eigenvalue weighted by molar-refractivity contribution is 5.99. The lowest BCUT2D eigenvalue weighted by atomic mass is 10.0. The van der Waals surface area contributed by atoms with Crippen molar-refractivity contribution in [2.24, 2.45) is 7.05 Å². The third kappa shape index (κ3) is 2.69. The molecule has 2 N–H and O–H groups in total. The summed E-state index contributed by atoms with van der Waals surface area (Å²) in [5.41, 5.74) is 2.52. The molecule has 0 unspecified atom stereocenters. The van der Waals surface area contributed by atoms with Crippen molar-refractivity contribution in [3.05, 3.63) is 63.5 Å². The average molecular weight is 366 g/mol. The molecule has 1 aliphatic rings. The SMILES string of the molecule is Cc1ccc2c(c1)c(=O)c(C(=O)N1Cc3[nH]cnc3C[C@@H]1C(=O)O)cn2C. The van der Waals surface area contributed by atoms with Gasteiger partial charge in [-0.05, 0) is 19.1 Å².